The molecule has 0 aliphatic carbocycles. The highest BCUT2D eigenvalue weighted by Crippen LogP contribution is 2.25. The van der Waals surface area contributed by atoms with Crippen molar-refractivity contribution in [1.29, 1.82) is 0 Å². The lowest BCUT2D eigenvalue weighted by atomic mass is 9.98. The van der Waals surface area contributed by atoms with E-state index in [4.69, 9.17) is 9.73 Å². The standard InChI is InChI=1S/C25H33N5O/c1-5-27-24(29-18-25(2,3)31-4)28-16-22-8-6-7-9-23(22)21-12-10-20(11-13-21)17-30-15-14-26-19-30/h6-15,19H,5,16-18H2,1-4H3,(H2,27,28,29). The zero-order chi connectivity index (χ0) is 22.1. The smallest absolute Gasteiger partial charge is 0.191 e. The Kier molecular flexibility index (Phi) is 7.84. The summed E-state index contributed by atoms with van der Waals surface area (Å²) in [5.74, 6) is 0.790. The van der Waals surface area contributed by atoms with Crippen molar-refractivity contribution >= 4 is 5.96 Å². The van der Waals surface area contributed by atoms with Gasteiger partial charge in [-0.1, -0.05) is 48.5 Å². The number of aromatic nitrogens is 2. The quantitative estimate of drug-likeness (QED) is 0.405. The molecule has 0 bridgehead atoms. The van der Waals surface area contributed by atoms with E-state index >= 15 is 0 Å². The highest BCUT2D eigenvalue weighted by atomic mass is 16.5. The van der Waals surface area contributed by atoms with E-state index in [0.717, 1.165) is 19.0 Å². The van der Waals surface area contributed by atoms with Gasteiger partial charge in [0.2, 0.25) is 0 Å². The van der Waals surface area contributed by atoms with Crippen molar-refractivity contribution < 1.29 is 4.74 Å². The van der Waals surface area contributed by atoms with E-state index < -0.39 is 0 Å². The summed E-state index contributed by atoms with van der Waals surface area (Å²) in [6, 6.07) is 17.1. The molecule has 0 amide bonds. The van der Waals surface area contributed by atoms with Crippen LogP contribution >= 0.6 is 0 Å². The monoisotopic (exact) mass is 419 g/mol. The summed E-state index contributed by atoms with van der Waals surface area (Å²) in [6.07, 6.45) is 5.62. The molecule has 2 N–H and O–H groups in total. The molecule has 0 atom stereocenters. The van der Waals surface area contributed by atoms with Crippen molar-refractivity contribution in [1.82, 2.24) is 20.2 Å². The second-order valence-electron chi connectivity index (χ2n) is 8.10. The van der Waals surface area contributed by atoms with Crippen molar-refractivity contribution in [3.8, 4) is 11.1 Å². The number of hydrogen-bond acceptors (Lipinski definition) is 3. The molecule has 6 nitrogen and oxygen atoms in total. The van der Waals surface area contributed by atoms with Crippen molar-refractivity contribution in [3.63, 3.8) is 0 Å². The van der Waals surface area contributed by atoms with Gasteiger partial charge in [0.1, 0.15) is 0 Å². The Hall–Kier alpha value is -3.12. The van der Waals surface area contributed by atoms with Crippen molar-refractivity contribution in [2.24, 2.45) is 4.99 Å². The molecule has 0 unspecified atom stereocenters. The van der Waals surface area contributed by atoms with Crippen LogP contribution in [0, 0.1) is 0 Å². The summed E-state index contributed by atoms with van der Waals surface area (Å²) >= 11 is 0. The SMILES string of the molecule is CCNC(=NCc1ccccc1-c1ccc(Cn2ccnc2)cc1)NCC(C)(C)OC. The molecular formula is C25H33N5O. The third-order valence-corrected chi connectivity index (χ3v) is 5.19. The molecule has 0 aliphatic heterocycles. The minimum atomic E-state index is -0.257. The van der Waals surface area contributed by atoms with Crippen LogP contribution in [0.1, 0.15) is 31.9 Å². The molecule has 3 rings (SSSR count). The molecule has 1 heterocycles. The van der Waals surface area contributed by atoms with Gasteiger partial charge in [0.25, 0.3) is 0 Å². The number of ether oxygens (including phenoxy) is 1. The number of imidazole rings is 1. The third kappa shape index (κ3) is 6.69. The van der Waals surface area contributed by atoms with Crippen LogP contribution in [-0.2, 0) is 17.8 Å². The highest BCUT2D eigenvalue weighted by Gasteiger charge is 2.16. The van der Waals surface area contributed by atoms with Crippen LogP contribution in [-0.4, -0.2) is 41.3 Å². The summed E-state index contributed by atoms with van der Waals surface area (Å²) in [4.78, 5) is 8.91. The predicted octanol–water partition coefficient (Wildman–Crippen LogP) is 4.08. The number of hydrogen-bond donors (Lipinski definition) is 2. The number of rotatable bonds is 9. The van der Waals surface area contributed by atoms with Gasteiger partial charge in [-0.15, -0.1) is 0 Å². The maximum absolute atomic E-state index is 5.50. The molecule has 164 valence electrons. The van der Waals surface area contributed by atoms with Crippen LogP contribution in [0.3, 0.4) is 0 Å². The molecule has 31 heavy (non-hydrogen) atoms. The number of nitrogens with one attached hydrogen (secondary N) is 2. The zero-order valence-corrected chi connectivity index (χ0v) is 18.9. The van der Waals surface area contributed by atoms with Crippen molar-refractivity contribution in [2.45, 2.75) is 39.5 Å². The third-order valence-electron chi connectivity index (χ3n) is 5.19. The Morgan fingerprint density at radius 3 is 2.55 bits per heavy atom. The number of guanidine groups is 1. The maximum Gasteiger partial charge on any atom is 0.191 e. The average Bonchev–Trinajstić information content (AvgIpc) is 3.29. The molecule has 2 aromatic carbocycles. The lowest BCUT2D eigenvalue weighted by Crippen LogP contribution is -2.45. The largest absolute Gasteiger partial charge is 0.377 e. The van der Waals surface area contributed by atoms with Gasteiger partial charge < -0.3 is 19.9 Å². The van der Waals surface area contributed by atoms with Crippen molar-refractivity contribution in [2.75, 3.05) is 20.2 Å². The summed E-state index contributed by atoms with van der Waals surface area (Å²) in [7, 11) is 1.72. The second-order valence-corrected chi connectivity index (χ2v) is 8.10. The van der Waals surface area contributed by atoms with E-state index in [1.54, 1.807) is 13.3 Å². The van der Waals surface area contributed by atoms with E-state index in [2.05, 4.69) is 89.5 Å². The van der Waals surface area contributed by atoms with Gasteiger partial charge >= 0.3 is 0 Å². The van der Waals surface area contributed by atoms with Gasteiger partial charge in [-0.05, 0) is 43.0 Å². The van der Waals surface area contributed by atoms with E-state index in [0.29, 0.717) is 13.1 Å². The topological polar surface area (TPSA) is 63.5 Å². The molecule has 3 aromatic rings. The lowest BCUT2D eigenvalue weighted by Gasteiger charge is -2.24. The molecule has 0 saturated carbocycles. The number of benzene rings is 2. The Morgan fingerprint density at radius 1 is 1.10 bits per heavy atom. The summed E-state index contributed by atoms with van der Waals surface area (Å²) < 4.78 is 7.57. The fraction of sp³-hybridized carbons (Fsp3) is 0.360. The Morgan fingerprint density at radius 2 is 1.87 bits per heavy atom. The van der Waals surface area contributed by atoms with Crippen LogP contribution in [0.5, 0.6) is 0 Å². The van der Waals surface area contributed by atoms with Crippen LogP contribution in [0.4, 0.5) is 0 Å². The van der Waals surface area contributed by atoms with Gasteiger partial charge in [-0.2, -0.15) is 0 Å². The van der Waals surface area contributed by atoms with Gasteiger partial charge in [0.05, 0.1) is 18.5 Å². The Bertz CT molecular complexity index is 962. The normalized spacial score (nSPS) is 12.1. The summed E-state index contributed by atoms with van der Waals surface area (Å²) in [6.45, 7) is 9.06. The fourth-order valence-corrected chi connectivity index (χ4v) is 3.20. The van der Waals surface area contributed by atoms with E-state index in [-0.39, 0.29) is 5.60 Å². The second kappa shape index (κ2) is 10.8. The maximum atomic E-state index is 5.50. The molecule has 0 saturated heterocycles. The molecule has 0 aliphatic rings. The van der Waals surface area contributed by atoms with E-state index in [1.807, 2.05) is 12.5 Å². The Labute approximate surface area is 185 Å². The van der Waals surface area contributed by atoms with Crippen LogP contribution in [0.25, 0.3) is 11.1 Å². The lowest BCUT2D eigenvalue weighted by molar-refractivity contribution is 0.0268. The van der Waals surface area contributed by atoms with Crippen LogP contribution in [0.2, 0.25) is 0 Å². The molecule has 0 spiro atoms. The molecule has 6 heteroatoms. The molecule has 1 aromatic heterocycles. The van der Waals surface area contributed by atoms with E-state index in [1.165, 1.54) is 22.3 Å². The first-order valence-electron chi connectivity index (χ1n) is 10.7. The van der Waals surface area contributed by atoms with Crippen molar-refractivity contribution in [3.05, 3.63) is 78.4 Å². The van der Waals surface area contributed by atoms with E-state index in [9.17, 15) is 0 Å². The van der Waals surface area contributed by atoms with Gasteiger partial charge in [0, 0.05) is 39.1 Å². The molecule has 0 radical (unpaired) electrons. The zero-order valence-electron chi connectivity index (χ0n) is 18.9. The van der Waals surface area contributed by atoms with Gasteiger partial charge in [-0.3, -0.25) is 0 Å². The Balaban J connectivity index is 1.73. The first-order valence-corrected chi connectivity index (χ1v) is 10.7. The van der Waals surface area contributed by atoms with Gasteiger partial charge in [0.15, 0.2) is 5.96 Å². The van der Waals surface area contributed by atoms with Crippen LogP contribution < -0.4 is 10.6 Å². The first kappa shape index (κ1) is 22.6. The number of aliphatic imine (C=N–C) groups is 1. The average molecular weight is 420 g/mol. The van der Waals surface area contributed by atoms with Crippen LogP contribution in [0.15, 0.2) is 72.2 Å². The summed E-state index contributed by atoms with van der Waals surface area (Å²) in [5, 5.41) is 6.69. The first-order chi connectivity index (χ1) is 15.0. The van der Waals surface area contributed by atoms with Gasteiger partial charge in [-0.25, -0.2) is 9.98 Å². The highest BCUT2D eigenvalue weighted by molar-refractivity contribution is 5.80. The number of methoxy groups -OCH3 is 1. The minimum absolute atomic E-state index is 0.257. The molecular weight excluding hydrogens is 386 g/mol. The summed E-state index contributed by atoms with van der Waals surface area (Å²) in [5.41, 5.74) is 4.57. The molecule has 0 fully saturated rings. The predicted molar refractivity (Wildman–Crippen MR) is 127 cm³/mol. The number of nitrogens with zero attached hydrogens (tertiary/aromatic N) is 3. The minimum Gasteiger partial charge on any atom is -0.377 e. The fourth-order valence-electron chi connectivity index (χ4n) is 3.20.